The number of fused-ring (bicyclic) bond motifs is 1. The Hall–Kier alpha value is -3.72. The fourth-order valence-electron chi connectivity index (χ4n) is 3.45. The lowest BCUT2D eigenvalue weighted by Crippen LogP contribution is -2.38. The Balaban J connectivity index is 1.50. The second-order valence-corrected chi connectivity index (χ2v) is 8.75. The largest absolute Gasteiger partial charge is 0.485 e. The summed E-state index contributed by atoms with van der Waals surface area (Å²) < 4.78 is 11.2. The summed E-state index contributed by atoms with van der Waals surface area (Å²) >= 11 is 1.31. The molecule has 2 heterocycles. The van der Waals surface area contributed by atoms with Gasteiger partial charge in [-0.1, -0.05) is 25.1 Å². The van der Waals surface area contributed by atoms with Crippen LogP contribution in [0.3, 0.4) is 0 Å². The number of Topliss-reactive ketones (excluding diaryl/α,β-unsaturated/α-hetero) is 1. The average molecular weight is 480 g/mol. The van der Waals surface area contributed by atoms with Crippen molar-refractivity contribution in [3.05, 3.63) is 69.7 Å². The van der Waals surface area contributed by atoms with Crippen LogP contribution in [0.4, 0.5) is 5.69 Å². The second-order valence-electron chi connectivity index (χ2n) is 7.81. The number of amides is 2. The van der Waals surface area contributed by atoms with Crippen molar-refractivity contribution in [2.45, 2.75) is 26.8 Å². The van der Waals surface area contributed by atoms with Gasteiger partial charge in [-0.3, -0.25) is 19.3 Å². The third-order valence-electron chi connectivity index (χ3n) is 5.29. The molecule has 0 saturated heterocycles. The molecule has 1 aliphatic heterocycles. The van der Waals surface area contributed by atoms with Gasteiger partial charge in [-0.05, 0) is 43.2 Å². The van der Waals surface area contributed by atoms with Crippen molar-refractivity contribution in [2.75, 3.05) is 24.7 Å². The predicted molar refractivity (Wildman–Crippen MR) is 129 cm³/mol. The quantitative estimate of drug-likeness (QED) is 0.469. The van der Waals surface area contributed by atoms with Crippen molar-refractivity contribution in [3.8, 4) is 11.5 Å². The molecule has 0 saturated carbocycles. The number of aromatic nitrogens is 1. The average Bonchev–Trinajstić information content (AvgIpc) is 3.32. The van der Waals surface area contributed by atoms with E-state index in [4.69, 9.17) is 9.47 Å². The van der Waals surface area contributed by atoms with Crippen molar-refractivity contribution in [3.63, 3.8) is 0 Å². The molecule has 0 fully saturated rings. The number of nitrogens with one attached hydrogen (secondary N) is 1. The van der Waals surface area contributed by atoms with Crippen LogP contribution >= 0.6 is 11.3 Å². The molecule has 34 heavy (non-hydrogen) atoms. The number of anilines is 1. The van der Waals surface area contributed by atoms with E-state index in [1.54, 1.807) is 23.6 Å². The van der Waals surface area contributed by atoms with E-state index >= 15 is 0 Å². The molecule has 1 N–H and O–H groups in total. The normalized spacial score (nSPS) is 12.6. The summed E-state index contributed by atoms with van der Waals surface area (Å²) in [5, 5.41) is 5.08. The maximum absolute atomic E-state index is 12.8. The Labute approximate surface area is 201 Å². The van der Waals surface area contributed by atoms with Gasteiger partial charge in [0.05, 0.1) is 12.2 Å². The number of ether oxygens (including phenoxy) is 2. The maximum atomic E-state index is 12.8. The fraction of sp³-hybridized carbons (Fsp3) is 0.280. The number of thiazole rings is 1. The highest BCUT2D eigenvalue weighted by atomic mass is 32.1. The molecule has 8 nitrogen and oxygen atoms in total. The van der Waals surface area contributed by atoms with Gasteiger partial charge in [0.2, 0.25) is 0 Å². The Morgan fingerprint density at radius 3 is 2.85 bits per heavy atom. The number of nitrogens with zero attached hydrogens (tertiary/aromatic N) is 2. The third kappa shape index (κ3) is 5.26. The molecule has 4 rings (SSSR count). The third-order valence-corrected chi connectivity index (χ3v) is 6.12. The summed E-state index contributed by atoms with van der Waals surface area (Å²) in [7, 11) is 0. The number of para-hydroxylation sites is 1. The van der Waals surface area contributed by atoms with E-state index < -0.39 is 0 Å². The van der Waals surface area contributed by atoms with E-state index in [2.05, 4.69) is 10.3 Å². The Morgan fingerprint density at radius 1 is 1.24 bits per heavy atom. The number of carbonyl (C=O) groups excluding carboxylic acids is 3. The number of carbonyl (C=O) groups is 3. The number of aryl methyl sites for hydroxylation is 1. The summed E-state index contributed by atoms with van der Waals surface area (Å²) in [5.74, 6) is 0.457. The number of rotatable bonds is 9. The zero-order valence-corrected chi connectivity index (χ0v) is 19.8. The topological polar surface area (TPSA) is 97.8 Å². The van der Waals surface area contributed by atoms with Crippen molar-refractivity contribution in [1.29, 1.82) is 0 Å². The van der Waals surface area contributed by atoms with Crippen molar-refractivity contribution >= 4 is 34.6 Å². The smallest absolute Gasteiger partial charge is 0.270 e. The molecule has 3 aromatic rings. The standard InChI is InChI=1S/C25H25N3O5S/c1-3-10-26-25(31)18-15-34-23(27-18)12-28-19-11-17(8-9-22(19)33-14-24(28)30)20(29)13-32-21-7-5-4-6-16(21)2/h4-9,11,15H,3,10,12-14H2,1-2H3,(H,26,31). The van der Waals surface area contributed by atoms with E-state index in [1.807, 2.05) is 38.1 Å². The molecule has 0 bridgehead atoms. The molecule has 0 unspecified atom stereocenters. The predicted octanol–water partition coefficient (Wildman–Crippen LogP) is 3.78. The second kappa shape index (κ2) is 10.5. The minimum Gasteiger partial charge on any atom is -0.485 e. The van der Waals surface area contributed by atoms with Gasteiger partial charge in [0.1, 0.15) is 22.2 Å². The molecule has 1 aromatic heterocycles. The van der Waals surface area contributed by atoms with Crippen LogP contribution in [0.25, 0.3) is 0 Å². The maximum Gasteiger partial charge on any atom is 0.270 e. The minimum absolute atomic E-state index is 0.105. The molecule has 1 aliphatic rings. The van der Waals surface area contributed by atoms with Gasteiger partial charge in [0, 0.05) is 17.5 Å². The van der Waals surface area contributed by atoms with Gasteiger partial charge in [0.15, 0.2) is 19.0 Å². The molecule has 2 amide bonds. The summed E-state index contributed by atoms with van der Waals surface area (Å²) in [4.78, 5) is 43.5. The van der Waals surface area contributed by atoms with Crippen LogP contribution in [0.1, 0.15) is 44.8 Å². The number of hydrogen-bond acceptors (Lipinski definition) is 7. The Bertz CT molecular complexity index is 1220. The van der Waals surface area contributed by atoms with E-state index in [0.717, 1.165) is 12.0 Å². The first-order valence-electron chi connectivity index (χ1n) is 11.0. The number of ketones is 1. The summed E-state index contributed by atoms with van der Waals surface area (Å²) in [6, 6.07) is 12.5. The van der Waals surface area contributed by atoms with Gasteiger partial charge in [-0.15, -0.1) is 11.3 Å². The van der Waals surface area contributed by atoms with Crippen LogP contribution in [0.5, 0.6) is 11.5 Å². The minimum atomic E-state index is -0.250. The van der Waals surface area contributed by atoms with Crippen LogP contribution in [-0.4, -0.2) is 42.3 Å². The monoisotopic (exact) mass is 479 g/mol. The van der Waals surface area contributed by atoms with Crippen LogP contribution in [0.15, 0.2) is 47.8 Å². The summed E-state index contributed by atoms with van der Waals surface area (Å²) in [6.07, 6.45) is 0.832. The molecule has 176 valence electrons. The van der Waals surface area contributed by atoms with Gasteiger partial charge in [-0.2, -0.15) is 0 Å². The highest BCUT2D eigenvalue weighted by molar-refractivity contribution is 7.09. The van der Waals surface area contributed by atoms with Gasteiger partial charge in [-0.25, -0.2) is 4.98 Å². The molecular weight excluding hydrogens is 454 g/mol. The summed E-state index contributed by atoms with van der Waals surface area (Å²) in [5.41, 5.74) is 2.17. The first-order valence-corrected chi connectivity index (χ1v) is 11.9. The zero-order chi connectivity index (χ0) is 24.1. The summed E-state index contributed by atoms with van der Waals surface area (Å²) in [6.45, 7) is 4.41. The molecule has 0 atom stereocenters. The lowest BCUT2D eigenvalue weighted by atomic mass is 10.1. The van der Waals surface area contributed by atoms with E-state index in [1.165, 1.54) is 16.2 Å². The van der Waals surface area contributed by atoms with Gasteiger partial charge >= 0.3 is 0 Å². The van der Waals surface area contributed by atoms with Crippen LogP contribution in [0, 0.1) is 6.92 Å². The van der Waals surface area contributed by atoms with Gasteiger partial charge < -0.3 is 14.8 Å². The van der Waals surface area contributed by atoms with Crippen LogP contribution < -0.4 is 19.7 Å². The molecule has 0 spiro atoms. The SMILES string of the molecule is CCCNC(=O)c1csc(CN2C(=O)COc3ccc(C(=O)COc4ccccc4C)cc32)n1. The highest BCUT2D eigenvalue weighted by Gasteiger charge is 2.28. The molecule has 2 aromatic carbocycles. The lowest BCUT2D eigenvalue weighted by Gasteiger charge is -2.29. The molecule has 9 heteroatoms. The first kappa shape index (κ1) is 23.4. The lowest BCUT2D eigenvalue weighted by molar-refractivity contribution is -0.121. The fourth-order valence-corrected chi connectivity index (χ4v) is 4.21. The number of benzene rings is 2. The van der Waals surface area contributed by atoms with Gasteiger partial charge in [0.25, 0.3) is 11.8 Å². The Kier molecular flexibility index (Phi) is 7.22. The van der Waals surface area contributed by atoms with Crippen LogP contribution in [-0.2, 0) is 11.3 Å². The van der Waals surface area contributed by atoms with Crippen molar-refractivity contribution in [2.24, 2.45) is 0 Å². The zero-order valence-electron chi connectivity index (χ0n) is 19.0. The van der Waals surface area contributed by atoms with Crippen LogP contribution in [0.2, 0.25) is 0 Å². The first-order chi connectivity index (χ1) is 16.5. The molecular formula is C25H25N3O5S. The van der Waals surface area contributed by atoms with E-state index in [-0.39, 0.29) is 37.4 Å². The van der Waals surface area contributed by atoms with Crippen molar-refractivity contribution < 1.29 is 23.9 Å². The Morgan fingerprint density at radius 2 is 2.06 bits per heavy atom. The van der Waals surface area contributed by atoms with Crippen molar-refractivity contribution in [1.82, 2.24) is 10.3 Å². The molecule has 0 radical (unpaired) electrons. The number of hydrogen-bond donors (Lipinski definition) is 1. The molecule has 0 aliphatic carbocycles. The van der Waals surface area contributed by atoms with E-state index in [9.17, 15) is 14.4 Å². The van der Waals surface area contributed by atoms with E-state index in [0.29, 0.717) is 40.0 Å². The highest BCUT2D eigenvalue weighted by Crippen LogP contribution is 2.34.